The summed E-state index contributed by atoms with van der Waals surface area (Å²) in [5.41, 5.74) is 3.01. The molecular weight excluding hydrogens is 460 g/mol. The fourth-order valence-corrected chi connectivity index (χ4v) is 3.94. The minimum absolute atomic E-state index is 0.00411. The van der Waals surface area contributed by atoms with E-state index < -0.39 is 6.04 Å². The molecule has 0 heterocycles. The number of aryl methyl sites for hydroxylation is 1. The van der Waals surface area contributed by atoms with E-state index in [4.69, 9.17) is 16.3 Å². The lowest BCUT2D eigenvalue weighted by Crippen LogP contribution is -2.53. The summed E-state index contributed by atoms with van der Waals surface area (Å²) in [7, 11) is 0. The number of para-hydroxylation sites is 1. The van der Waals surface area contributed by atoms with Crippen molar-refractivity contribution in [1.29, 1.82) is 0 Å². The third-order valence-corrected chi connectivity index (χ3v) is 6.37. The lowest BCUT2D eigenvalue weighted by molar-refractivity contribution is -0.143. The van der Waals surface area contributed by atoms with E-state index in [1.807, 2.05) is 75.4 Å². The predicted molar refractivity (Wildman–Crippen MR) is 141 cm³/mol. The molecule has 1 N–H and O–H groups in total. The molecule has 0 unspecified atom stereocenters. The van der Waals surface area contributed by atoms with E-state index in [2.05, 4.69) is 5.32 Å². The van der Waals surface area contributed by atoms with Crippen LogP contribution in [0, 0.1) is 6.92 Å². The highest BCUT2D eigenvalue weighted by molar-refractivity contribution is 6.32. The second-order valence-electron chi connectivity index (χ2n) is 8.69. The molecule has 3 aromatic rings. The Labute approximate surface area is 213 Å². The highest BCUT2D eigenvalue weighted by atomic mass is 35.5. The summed E-state index contributed by atoms with van der Waals surface area (Å²) >= 11 is 6.22. The van der Waals surface area contributed by atoms with Crippen molar-refractivity contribution in [1.82, 2.24) is 10.2 Å². The molecule has 3 rings (SSSR count). The second kappa shape index (κ2) is 13.0. The van der Waals surface area contributed by atoms with Crippen LogP contribution in [0.15, 0.2) is 78.9 Å². The molecule has 35 heavy (non-hydrogen) atoms. The van der Waals surface area contributed by atoms with Crippen molar-refractivity contribution < 1.29 is 14.3 Å². The molecule has 0 aromatic heterocycles. The van der Waals surface area contributed by atoms with Gasteiger partial charge in [0.2, 0.25) is 5.91 Å². The zero-order valence-corrected chi connectivity index (χ0v) is 21.3. The van der Waals surface area contributed by atoms with Crippen molar-refractivity contribution in [3.63, 3.8) is 0 Å². The molecule has 0 aliphatic rings. The molecule has 184 valence electrons. The zero-order valence-electron chi connectivity index (χ0n) is 20.5. The second-order valence-corrected chi connectivity index (χ2v) is 9.10. The number of hydrogen-bond donors (Lipinski definition) is 1. The number of hydrogen-bond acceptors (Lipinski definition) is 3. The summed E-state index contributed by atoms with van der Waals surface area (Å²) in [6.45, 7) is 6.06. The first-order valence-electron chi connectivity index (χ1n) is 11.9. The third kappa shape index (κ3) is 7.59. The molecule has 2 atom stereocenters. The first kappa shape index (κ1) is 26.3. The summed E-state index contributed by atoms with van der Waals surface area (Å²) in [6, 6.07) is 24.0. The van der Waals surface area contributed by atoms with Crippen LogP contribution in [0.2, 0.25) is 5.02 Å². The Bertz CT molecular complexity index is 1120. The van der Waals surface area contributed by atoms with Gasteiger partial charge in [-0.05, 0) is 49.1 Å². The number of halogens is 1. The van der Waals surface area contributed by atoms with E-state index in [0.717, 1.165) is 23.1 Å². The molecule has 0 saturated carbocycles. The SMILES string of the molecule is CC[C@H](C)NC(=O)[C@@H](Cc1ccccc1)N(Cc1ccccc1C)C(=O)COc1ccccc1Cl. The van der Waals surface area contributed by atoms with Crippen LogP contribution in [0.5, 0.6) is 5.75 Å². The monoisotopic (exact) mass is 492 g/mol. The Morgan fingerprint density at radius 3 is 2.31 bits per heavy atom. The fourth-order valence-electron chi connectivity index (χ4n) is 3.75. The van der Waals surface area contributed by atoms with Gasteiger partial charge in [0.15, 0.2) is 6.61 Å². The number of nitrogens with one attached hydrogen (secondary N) is 1. The van der Waals surface area contributed by atoms with Gasteiger partial charge in [-0.25, -0.2) is 0 Å². The van der Waals surface area contributed by atoms with E-state index in [0.29, 0.717) is 23.7 Å². The number of carbonyl (C=O) groups excluding carboxylic acids is 2. The van der Waals surface area contributed by atoms with E-state index in [-0.39, 0.29) is 24.5 Å². The van der Waals surface area contributed by atoms with E-state index in [9.17, 15) is 9.59 Å². The first-order chi connectivity index (χ1) is 16.9. The van der Waals surface area contributed by atoms with Crippen LogP contribution < -0.4 is 10.1 Å². The zero-order chi connectivity index (χ0) is 25.2. The molecule has 0 aliphatic heterocycles. The van der Waals surface area contributed by atoms with Crippen molar-refractivity contribution in [3.05, 3.63) is 101 Å². The summed E-state index contributed by atoms with van der Waals surface area (Å²) in [5, 5.41) is 3.51. The molecule has 6 heteroatoms. The number of amides is 2. The molecular formula is C29H33ClN2O3. The van der Waals surface area contributed by atoms with Crippen molar-refractivity contribution in [2.24, 2.45) is 0 Å². The van der Waals surface area contributed by atoms with E-state index in [1.165, 1.54) is 0 Å². The van der Waals surface area contributed by atoms with Crippen LogP contribution in [0.1, 0.15) is 37.0 Å². The molecule has 0 fully saturated rings. The van der Waals surface area contributed by atoms with Gasteiger partial charge in [0.1, 0.15) is 11.8 Å². The van der Waals surface area contributed by atoms with Gasteiger partial charge in [-0.1, -0.05) is 85.3 Å². The molecule has 2 amide bonds. The minimum atomic E-state index is -0.701. The van der Waals surface area contributed by atoms with Gasteiger partial charge in [0, 0.05) is 19.0 Å². The first-order valence-corrected chi connectivity index (χ1v) is 12.3. The van der Waals surface area contributed by atoms with Gasteiger partial charge >= 0.3 is 0 Å². The number of nitrogens with zero attached hydrogens (tertiary/aromatic N) is 1. The molecule has 0 spiro atoms. The van der Waals surface area contributed by atoms with Crippen LogP contribution in [-0.2, 0) is 22.6 Å². The van der Waals surface area contributed by atoms with Crippen LogP contribution in [0.25, 0.3) is 0 Å². The van der Waals surface area contributed by atoms with Gasteiger partial charge in [0.05, 0.1) is 5.02 Å². The molecule has 0 aliphatic carbocycles. The van der Waals surface area contributed by atoms with Gasteiger partial charge in [-0.3, -0.25) is 9.59 Å². The molecule has 3 aromatic carbocycles. The lowest BCUT2D eigenvalue weighted by atomic mass is 10.0. The molecule has 0 saturated heterocycles. The Hall–Kier alpha value is -3.31. The van der Waals surface area contributed by atoms with E-state index in [1.54, 1.807) is 29.2 Å². The summed E-state index contributed by atoms with van der Waals surface area (Å²) in [6.07, 6.45) is 1.19. The summed E-state index contributed by atoms with van der Waals surface area (Å²) < 4.78 is 5.78. The number of ether oxygens (including phenoxy) is 1. The smallest absolute Gasteiger partial charge is 0.261 e. The maximum atomic E-state index is 13.6. The number of benzene rings is 3. The Morgan fingerprint density at radius 2 is 1.63 bits per heavy atom. The normalized spacial score (nSPS) is 12.5. The van der Waals surface area contributed by atoms with Crippen LogP contribution in [0.4, 0.5) is 0 Å². The minimum Gasteiger partial charge on any atom is -0.482 e. The molecule has 5 nitrogen and oxygen atoms in total. The highest BCUT2D eigenvalue weighted by Gasteiger charge is 2.31. The molecule has 0 radical (unpaired) electrons. The van der Waals surface area contributed by atoms with Gasteiger partial charge in [0.25, 0.3) is 5.91 Å². The van der Waals surface area contributed by atoms with Crippen LogP contribution in [-0.4, -0.2) is 35.4 Å². The Kier molecular flexibility index (Phi) is 9.74. The average Bonchev–Trinajstić information content (AvgIpc) is 2.87. The maximum Gasteiger partial charge on any atom is 0.261 e. The highest BCUT2D eigenvalue weighted by Crippen LogP contribution is 2.24. The maximum absolute atomic E-state index is 13.6. The number of rotatable bonds is 11. The number of carbonyl (C=O) groups is 2. The predicted octanol–water partition coefficient (Wildman–Crippen LogP) is 5.58. The largest absolute Gasteiger partial charge is 0.482 e. The van der Waals surface area contributed by atoms with Crippen molar-refractivity contribution in [2.75, 3.05) is 6.61 Å². The van der Waals surface area contributed by atoms with Crippen molar-refractivity contribution in [2.45, 2.75) is 52.2 Å². The quantitative estimate of drug-likeness (QED) is 0.380. The van der Waals surface area contributed by atoms with Gasteiger partial charge in [-0.2, -0.15) is 0 Å². The third-order valence-electron chi connectivity index (χ3n) is 6.06. The summed E-state index contributed by atoms with van der Waals surface area (Å²) in [4.78, 5) is 28.7. The van der Waals surface area contributed by atoms with Crippen LogP contribution >= 0.6 is 11.6 Å². The van der Waals surface area contributed by atoms with Crippen LogP contribution in [0.3, 0.4) is 0 Å². The fraction of sp³-hybridized carbons (Fsp3) is 0.310. The van der Waals surface area contributed by atoms with E-state index >= 15 is 0 Å². The van der Waals surface area contributed by atoms with Gasteiger partial charge < -0.3 is 15.0 Å². The topological polar surface area (TPSA) is 58.6 Å². The molecule has 0 bridgehead atoms. The lowest BCUT2D eigenvalue weighted by Gasteiger charge is -2.32. The Balaban J connectivity index is 1.93. The van der Waals surface area contributed by atoms with Crippen molar-refractivity contribution >= 4 is 23.4 Å². The van der Waals surface area contributed by atoms with Crippen molar-refractivity contribution in [3.8, 4) is 5.75 Å². The standard InChI is InChI=1S/C29H33ClN2O3/c1-4-22(3)31-29(34)26(18-23-13-6-5-7-14-23)32(19-24-15-9-8-12-21(24)2)28(33)20-35-27-17-11-10-16-25(27)30/h5-17,22,26H,4,18-20H2,1-3H3,(H,31,34)/t22-,26+/m0/s1. The average molecular weight is 493 g/mol. The van der Waals surface area contributed by atoms with Gasteiger partial charge in [-0.15, -0.1) is 0 Å². The summed E-state index contributed by atoms with van der Waals surface area (Å²) in [5.74, 6) is -0.0293. The Morgan fingerprint density at radius 1 is 0.971 bits per heavy atom.